The minimum Gasteiger partial charge on any atom is -0.454 e. The number of hydrogen-bond donors (Lipinski definition) is 0. The van der Waals surface area contributed by atoms with E-state index in [1.807, 2.05) is 17.8 Å². The molecule has 13 rings (SSSR count). The smallest absolute Gasteiger partial charge is 0.159 e. The van der Waals surface area contributed by atoms with Crippen LogP contribution in [-0.2, 0) is 5.41 Å². The van der Waals surface area contributed by atoms with Gasteiger partial charge in [-0.25, -0.2) is 0 Å². The van der Waals surface area contributed by atoms with Gasteiger partial charge in [0.15, 0.2) is 5.58 Å². The van der Waals surface area contributed by atoms with Gasteiger partial charge in [-0.05, 0) is 134 Å². The number of benzene rings is 10. The van der Waals surface area contributed by atoms with Gasteiger partial charge >= 0.3 is 0 Å². The van der Waals surface area contributed by atoms with E-state index in [4.69, 9.17) is 4.42 Å². The SMILES string of the molecule is CC1(C)c2ccccc2-c2ccc(N(c3ccccc3)c3ccc4cc5c6c(cccc6c4c3)Sc3cc(N(c4ccccc4)c4cccc6c4oc4ccccc46)ccc3-5)cc21. The Morgan fingerprint density at radius 3 is 1.87 bits per heavy atom. The number of rotatable bonds is 6. The second-order valence-electron chi connectivity index (χ2n) is 17.3. The molecule has 2 aliphatic rings. The highest BCUT2D eigenvalue weighted by Crippen LogP contribution is 2.54. The summed E-state index contributed by atoms with van der Waals surface area (Å²) in [6.45, 7) is 4.71. The molecule has 0 bridgehead atoms. The summed E-state index contributed by atoms with van der Waals surface area (Å²) < 4.78 is 6.61. The average molecular weight is 825 g/mol. The van der Waals surface area contributed by atoms with E-state index in [2.05, 4.69) is 224 Å². The van der Waals surface area contributed by atoms with Gasteiger partial charge in [-0.2, -0.15) is 0 Å². The highest BCUT2D eigenvalue weighted by Gasteiger charge is 2.36. The zero-order valence-corrected chi connectivity index (χ0v) is 35.7. The van der Waals surface area contributed by atoms with Crippen molar-refractivity contribution in [1.82, 2.24) is 0 Å². The minimum atomic E-state index is -0.0957. The standard InChI is InChI=1S/C59H40N2OS/c1-59(2)51-23-11-9-19-43(51)44-31-29-41(35-52(44)59)60(38-15-5-3-6-16-38)40-28-27-37-33-50-46-32-30-42(36-56(46)63-55-26-14-21-47(57(50)55)49(37)34-40)61(39-17-7-4-8-18-39)53-24-13-22-48-45-20-10-12-25-54(45)62-58(48)53/h3-36H,1-2H3. The van der Waals surface area contributed by atoms with Crippen LogP contribution in [0.4, 0.5) is 34.1 Å². The fourth-order valence-electron chi connectivity index (χ4n) is 10.4. The molecular formula is C59H40N2OS. The molecule has 10 aromatic carbocycles. The van der Waals surface area contributed by atoms with Crippen LogP contribution in [0.1, 0.15) is 25.0 Å². The van der Waals surface area contributed by atoms with Crippen LogP contribution in [0.2, 0.25) is 0 Å². The molecular weight excluding hydrogens is 785 g/mol. The molecule has 0 saturated heterocycles. The number of hydrogen-bond acceptors (Lipinski definition) is 4. The quantitative estimate of drug-likeness (QED) is 0.156. The third-order valence-corrected chi connectivity index (χ3v) is 14.5. The lowest BCUT2D eigenvalue weighted by Crippen LogP contribution is -2.16. The lowest BCUT2D eigenvalue weighted by Gasteiger charge is -2.29. The fourth-order valence-corrected chi connectivity index (χ4v) is 11.6. The third-order valence-electron chi connectivity index (χ3n) is 13.4. The van der Waals surface area contributed by atoms with Gasteiger partial charge in [-0.3, -0.25) is 0 Å². The van der Waals surface area contributed by atoms with E-state index in [1.54, 1.807) is 0 Å². The van der Waals surface area contributed by atoms with Crippen molar-refractivity contribution in [1.29, 1.82) is 0 Å². The van der Waals surface area contributed by atoms with Crippen LogP contribution in [0.15, 0.2) is 220 Å². The summed E-state index contributed by atoms with van der Waals surface area (Å²) in [6, 6.07) is 75.3. The normalized spacial score (nSPS) is 13.3. The first-order valence-electron chi connectivity index (χ1n) is 21.7. The first kappa shape index (κ1) is 36.2. The van der Waals surface area contributed by atoms with Crippen LogP contribution in [0.3, 0.4) is 0 Å². The molecule has 4 heteroatoms. The first-order valence-corrected chi connectivity index (χ1v) is 22.5. The van der Waals surface area contributed by atoms with Crippen molar-refractivity contribution < 1.29 is 4.42 Å². The molecule has 11 aromatic rings. The van der Waals surface area contributed by atoms with Crippen LogP contribution >= 0.6 is 11.8 Å². The van der Waals surface area contributed by atoms with Gasteiger partial charge in [0.25, 0.3) is 0 Å². The molecule has 1 aliphatic heterocycles. The molecule has 0 radical (unpaired) electrons. The fraction of sp³-hybridized carbons (Fsp3) is 0.0508. The number of nitrogens with zero attached hydrogens (tertiary/aromatic N) is 2. The molecule has 63 heavy (non-hydrogen) atoms. The highest BCUT2D eigenvalue weighted by molar-refractivity contribution is 7.99. The Labute approximate surface area is 370 Å². The lowest BCUT2D eigenvalue weighted by molar-refractivity contribution is 0.660. The Kier molecular flexibility index (Phi) is 7.88. The molecule has 1 aromatic heterocycles. The number of furan rings is 1. The highest BCUT2D eigenvalue weighted by atomic mass is 32.2. The summed E-state index contributed by atoms with van der Waals surface area (Å²) in [5, 5.41) is 7.28. The van der Waals surface area contributed by atoms with Crippen molar-refractivity contribution in [3.8, 4) is 22.3 Å². The largest absolute Gasteiger partial charge is 0.454 e. The zero-order valence-electron chi connectivity index (χ0n) is 34.8. The Balaban J connectivity index is 0.944. The van der Waals surface area contributed by atoms with E-state index in [0.717, 1.165) is 56.1 Å². The molecule has 0 unspecified atom stereocenters. The molecule has 298 valence electrons. The number of anilines is 6. The van der Waals surface area contributed by atoms with E-state index in [1.165, 1.54) is 64.7 Å². The van der Waals surface area contributed by atoms with Gasteiger partial charge in [0, 0.05) is 59.8 Å². The molecule has 2 heterocycles. The predicted molar refractivity (Wildman–Crippen MR) is 265 cm³/mol. The number of para-hydroxylation sites is 4. The van der Waals surface area contributed by atoms with Crippen LogP contribution in [0.5, 0.6) is 0 Å². The predicted octanol–water partition coefficient (Wildman–Crippen LogP) is 17.3. The lowest BCUT2D eigenvalue weighted by atomic mass is 9.82. The summed E-state index contributed by atoms with van der Waals surface area (Å²) in [5.41, 5.74) is 16.2. The van der Waals surface area contributed by atoms with Crippen molar-refractivity contribution >= 4 is 89.4 Å². The summed E-state index contributed by atoms with van der Waals surface area (Å²) in [5.74, 6) is 0. The summed E-state index contributed by atoms with van der Waals surface area (Å²) in [6.07, 6.45) is 0. The molecule has 0 amide bonds. The maximum Gasteiger partial charge on any atom is 0.159 e. The third kappa shape index (κ3) is 5.48. The van der Waals surface area contributed by atoms with Crippen molar-refractivity contribution in [2.45, 2.75) is 29.1 Å². The van der Waals surface area contributed by atoms with Gasteiger partial charge in [-0.1, -0.05) is 147 Å². The van der Waals surface area contributed by atoms with E-state index >= 15 is 0 Å². The van der Waals surface area contributed by atoms with Gasteiger partial charge < -0.3 is 14.2 Å². The van der Waals surface area contributed by atoms with E-state index in [0.29, 0.717) is 0 Å². The van der Waals surface area contributed by atoms with Gasteiger partial charge in [-0.15, -0.1) is 0 Å². The minimum absolute atomic E-state index is 0.0957. The summed E-state index contributed by atoms with van der Waals surface area (Å²) >= 11 is 1.86. The Morgan fingerprint density at radius 2 is 1.03 bits per heavy atom. The first-order chi connectivity index (χ1) is 31.0. The van der Waals surface area contributed by atoms with Gasteiger partial charge in [0.1, 0.15) is 5.58 Å². The summed E-state index contributed by atoms with van der Waals surface area (Å²) in [7, 11) is 0. The molecule has 0 N–H and O–H groups in total. The Hall–Kier alpha value is -7.53. The molecule has 3 nitrogen and oxygen atoms in total. The summed E-state index contributed by atoms with van der Waals surface area (Å²) in [4.78, 5) is 7.26. The second kappa shape index (κ2) is 13.7. The second-order valence-corrected chi connectivity index (χ2v) is 18.4. The molecule has 0 fully saturated rings. The van der Waals surface area contributed by atoms with Crippen molar-refractivity contribution in [3.63, 3.8) is 0 Å². The van der Waals surface area contributed by atoms with Crippen LogP contribution < -0.4 is 9.80 Å². The van der Waals surface area contributed by atoms with Crippen LogP contribution in [-0.4, -0.2) is 0 Å². The zero-order chi connectivity index (χ0) is 41.8. The molecule has 1 aliphatic carbocycles. The Morgan fingerprint density at radius 1 is 0.397 bits per heavy atom. The maximum absolute atomic E-state index is 6.61. The van der Waals surface area contributed by atoms with Crippen LogP contribution in [0, 0.1) is 0 Å². The molecule has 0 atom stereocenters. The molecule has 0 saturated carbocycles. The van der Waals surface area contributed by atoms with Crippen molar-refractivity contribution in [2.24, 2.45) is 0 Å². The van der Waals surface area contributed by atoms with Crippen molar-refractivity contribution in [3.05, 3.63) is 217 Å². The van der Waals surface area contributed by atoms with E-state index < -0.39 is 0 Å². The topological polar surface area (TPSA) is 19.6 Å². The van der Waals surface area contributed by atoms with Gasteiger partial charge in [0.05, 0.1) is 5.69 Å². The van der Waals surface area contributed by atoms with E-state index in [-0.39, 0.29) is 5.41 Å². The van der Waals surface area contributed by atoms with E-state index in [9.17, 15) is 0 Å². The average Bonchev–Trinajstić information content (AvgIpc) is 3.82. The Bertz CT molecular complexity index is 3650. The molecule has 0 spiro atoms. The maximum atomic E-state index is 6.61. The monoisotopic (exact) mass is 824 g/mol. The van der Waals surface area contributed by atoms with Gasteiger partial charge in [0.2, 0.25) is 0 Å². The number of fused-ring (bicyclic) bond motifs is 10. The van der Waals surface area contributed by atoms with Crippen LogP contribution in [0.25, 0.3) is 65.7 Å². The van der Waals surface area contributed by atoms with Crippen molar-refractivity contribution in [2.75, 3.05) is 9.80 Å².